The van der Waals surface area contributed by atoms with Gasteiger partial charge in [0.1, 0.15) is 0 Å². The maximum absolute atomic E-state index is 13.2. The van der Waals surface area contributed by atoms with Crippen molar-refractivity contribution in [3.8, 4) is 5.75 Å². The van der Waals surface area contributed by atoms with Crippen molar-refractivity contribution < 1.29 is 9.13 Å². The Labute approximate surface area is 79.1 Å². The zero-order valence-electron chi connectivity index (χ0n) is 7.50. The van der Waals surface area contributed by atoms with Gasteiger partial charge in [-0.3, -0.25) is 4.79 Å². The van der Waals surface area contributed by atoms with E-state index >= 15 is 0 Å². The quantitative estimate of drug-likeness (QED) is 0.748. The maximum Gasteiger partial charge on any atom is 0.189 e. The van der Waals surface area contributed by atoms with Crippen LogP contribution in [0.3, 0.4) is 0 Å². The van der Waals surface area contributed by atoms with Crippen LogP contribution in [0.1, 0.15) is 0 Å². The molecular formula is C10H8FNO2. The molecular weight excluding hydrogens is 185 g/mol. The average molecular weight is 193 g/mol. The molecule has 0 radical (unpaired) electrons. The van der Waals surface area contributed by atoms with E-state index in [1.54, 1.807) is 0 Å². The summed E-state index contributed by atoms with van der Waals surface area (Å²) in [6.07, 6.45) is 1.48. The Morgan fingerprint density at radius 3 is 2.93 bits per heavy atom. The van der Waals surface area contributed by atoms with Crippen molar-refractivity contribution in [2.24, 2.45) is 0 Å². The first-order valence-electron chi connectivity index (χ1n) is 4.07. The zero-order chi connectivity index (χ0) is 10.1. The number of ether oxygens (including phenoxy) is 1. The largest absolute Gasteiger partial charge is 0.494 e. The number of aromatic nitrogens is 1. The van der Waals surface area contributed by atoms with Gasteiger partial charge in [-0.25, -0.2) is 4.39 Å². The van der Waals surface area contributed by atoms with Crippen LogP contribution in [0.4, 0.5) is 4.39 Å². The first-order chi connectivity index (χ1) is 6.72. The van der Waals surface area contributed by atoms with Crippen LogP contribution in [0.15, 0.2) is 29.2 Å². The number of aromatic amines is 1. The second kappa shape index (κ2) is 3.14. The van der Waals surface area contributed by atoms with E-state index in [-0.39, 0.29) is 11.2 Å². The summed E-state index contributed by atoms with van der Waals surface area (Å²) in [6, 6.07) is 4.03. The minimum atomic E-state index is -0.484. The van der Waals surface area contributed by atoms with E-state index in [0.29, 0.717) is 10.9 Å². The number of benzene rings is 1. The van der Waals surface area contributed by atoms with Crippen LogP contribution >= 0.6 is 0 Å². The van der Waals surface area contributed by atoms with E-state index in [1.165, 1.54) is 31.5 Å². The number of methoxy groups -OCH3 is 1. The van der Waals surface area contributed by atoms with Crippen molar-refractivity contribution in [2.45, 2.75) is 0 Å². The van der Waals surface area contributed by atoms with Gasteiger partial charge in [0, 0.05) is 23.7 Å². The molecule has 0 unspecified atom stereocenters. The lowest BCUT2D eigenvalue weighted by molar-refractivity contribution is 0.387. The van der Waals surface area contributed by atoms with E-state index < -0.39 is 5.82 Å². The molecule has 0 aliphatic carbocycles. The van der Waals surface area contributed by atoms with Crippen LogP contribution in [0.2, 0.25) is 0 Å². The first kappa shape index (κ1) is 8.74. The van der Waals surface area contributed by atoms with Gasteiger partial charge in [0.15, 0.2) is 17.0 Å². The van der Waals surface area contributed by atoms with Gasteiger partial charge in [-0.15, -0.1) is 0 Å². The SMILES string of the molecule is COc1cc2c(=O)cc[nH]c2cc1F. The van der Waals surface area contributed by atoms with Gasteiger partial charge in [-0.2, -0.15) is 0 Å². The van der Waals surface area contributed by atoms with Crippen LogP contribution in [0, 0.1) is 5.82 Å². The molecule has 4 heteroatoms. The third-order valence-corrected chi connectivity index (χ3v) is 2.03. The summed E-state index contributed by atoms with van der Waals surface area (Å²) in [6.45, 7) is 0. The Balaban J connectivity index is 2.87. The highest BCUT2D eigenvalue weighted by atomic mass is 19.1. The Hall–Kier alpha value is -1.84. The molecule has 14 heavy (non-hydrogen) atoms. The summed E-state index contributed by atoms with van der Waals surface area (Å²) in [5.74, 6) is -0.406. The second-order valence-electron chi connectivity index (χ2n) is 2.87. The van der Waals surface area contributed by atoms with Crippen LogP contribution in [-0.2, 0) is 0 Å². The Kier molecular flexibility index (Phi) is 1.96. The number of fused-ring (bicyclic) bond motifs is 1. The molecule has 1 aromatic carbocycles. The minimum absolute atomic E-state index is 0.0780. The van der Waals surface area contributed by atoms with Gasteiger partial charge in [0.05, 0.1) is 12.6 Å². The van der Waals surface area contributed by atoms with Crippen molar-refractivity contribution >= 4 is 10.9 Å². The number of nitrogens with one attached hydrogen (secondary N) is 1. The number of H-pyrrole nitrogens is 1. The molecule has 1 heterocycles. The summed E-state index contributed by atoms with van der Waals surface area (Å²) in [7, 11) is 1.36. The molecule has 1 N–H and O–H groups in total. The van der Waals surface area contributed by atoms with E-state index in [4.69, 9.17) is 4.74 Å². The summed E-state index contributed by atoms with van der Waals surface area (Å²) in [5, 5.41) is 0.422. The third kappa shape index (κ3) is 1.25. The summed E-state index contributed by atoms with van der Waals surface area (Å²) >= 11 is 0. The third-order valence-electron chi connectivity index (χ3n) is 2.03. The molecule has 0 amide bonds. The highest BCUT2D eigenvalue weighted by molar-refractivity contribution is 5.79. The molecule has 0 atom stereocenters. The fourth-order valence-corrected chi connectivity index (χ4v) is 1.33. The van der Waals surface area contributed by atoms with Crippen molar-refractivity contribution in [2.75, 3.05) is 7.11 Å². The van der Waals surface area contributed by atoms with Gasteiger partial charge in [-0.05, 0) is 6.07 Å². The highest BCUT2D eigenvalue weighted by Gasteiger charge is 2.06. The summed E-state index contributed by atoms with van der Waals surface area (Å²) in [5.41, 5.74) is 0.313. The van der Waals surface area contributed by atoms with Gasteiger partial charge >= 0.3 is 0 Å². The van der Waals surface area contributed by atoms with Crippen molar-refractivity contribution in [3.63, 3.8) is 0 Å². The van der Waals surface area contributed by atoms with Crippen molar-refractivity contribution in [1.29, 1.82) is 0 Å². The van der Waals surface area contributed by atoms with Crippen molar-refractivity contribution in [1.82, 2.24) is 4.98 Å². The maximum atomic E-state index is 13.2. The Morgan fingerprint density at radius 1 is 1.43 bits per heavy atom. The number of pyridine rings is 1. The second-order valence-corrected chi connectivity index (χ2v) is 2.87. The smallest absolute Gasteiger partial charge is 0.189 e. The molecule has 0 bridgehead atoms. The van der Waals surface area contributed by atoms with Crippen LogP contribution in [0.5, 0.6) is 5.75 Å². The lowest BCUT2D eigenvalue weighted by Crippen LogP contribution is -2.01. The molecule has 0 fully saturated rings. The van der Waals surface area contributed by atoms with Gasteiger partial charge in [0.25, 0.3) is 0 Å². The topological polar surface area (TPSA) is 42.1 Å². The fraction of sp³-hybridized carbons (Fsp3) is 0.100. The predicted octanol–water partition coefficient (Wildman–Crippen LogP) is 1.68. The molecule has 0 saturated heterocycles. The molecule has 0 aliphatic rings. The standard InChI is InChI=1S/C10H8FNO2/c1-14-10-4-6-8(5-7(10)11)12-3-2-9(6)13/h2-5H,1H3,(H,12,13). The van der Waals surface area contributed by atoms with Gasteiger partial charge in [0.2, 0.25) is 0 Å². The number of hydrogen-bond acceptors (Lipinski definition) is 2. The van der Waals surface area contributed by atoms with E-state index in [9.17, 15) is 9.18 Å². The van der Waals surface area contributed by atoms with Gasteiger partial charge in [-0.1, -0.05) is 0 Å². The minimum Gasteiger partial charge on any atom is -0.494 e. The fourth-order valence-electron chi connectivity index (χ4n) is 1.33. The molecule has 0 aliphatic heterocycles. The first-order valence-corrected chi connectivity index (χ1v) is 4.07. The highest BCUT2D eigenvalue weighted by Crippen LogP contribution is 2.20. The molecule has 3 nitrogen and oxygen atoms in total. The molecule has 0 spiro atoms. The van der Waals surface area contributed by atoms with E-state index in [0.717, 1.165) is 0 Å². The Morgan fingerprint density at radius 2 is 2.21 bits per heavy atom. The molecule has 2 rings (SSSR count). The van der Waals surface area contributed by atoms with Crippen LogP contribution in [0.25, 0.3) is 10.9 Å². The number of rotatable bonds is 1. The average Bonchev–Trinajstić information content (AvgIpc) is 2.17. The molecule has 72 valence electrons. The molecule has 2 aromatic rings. The normalized spacial score (nSPS) is 10.4. The monoisotopic (exact) mass is 193 g/mol. The predicted molar refractivity (Wildman–Crippen MR) is 51.1 cm³/mol. The Bertz CT molecular complexity index is 533. The van der Waals surface area contributed by atoms with Gasteiger partial charge < -0.3 is 9.72 Å². The van der Waals surface area contributed by atoms with E-state index in [1.807, 2.05) is 0 Å². The van der Waals surface area contributed by atoms with Crippen molar-refractivity contribution in [3.05, 3.63) is 40.4 Å². The van der Waals surface area contributed by atoms with Crippen LogP contribution < -0.4 is 10.2 Å². The summed E-state index contributed by atoms with van der Waals surface area (Å²) in [4.78, 5) is 14.1. The molecule has 1 aromatic heterocycles. The number of hydrogen-bond donors (Lipinski definition) is 1. The van der Waals surface area contributed by atoms with Crippen LogP contribution in [-0.4, -0.2) is 12.1 Å². The zero-order valence-corrected chi connectivity index (χ0v) is 7.50. The summed E-state index contributed by atoms with van der Waals surface area (Å²) < 4.78 is 18.0. The number of halogens is 1. The molecule has 0 saturated carbocycles. The lowest BCUT2D eigenvalue weighted by atomic mass is 10.2. The lowest BCUT2D eigenvalue weighted by Gasteiger charge is -2.03. The van der Waals surface area contributed by atoms with E-state index in [2.05, 4.69) is 4.98 Å².